The number of ketones is 2. The second-order valence-electron chi connectivity index (χ2n) is 9.54. The van der Waals surface area contributed by atoms with E-state index in [1.807, 2.05) is 72.8 Å². The number of hydrogen-bond donors (Lipinski definition) is 2. The van der Waals surface area contributed by atoms with Gasteiger partial charge >= 0.3 is 0 Å². The highest BCUT2D eigenvalue weighted by atomic mass is 35.5. The highest BCUT2D eigenvalue weighted by Crippen LogP contribution is 2.45. The van der Waals surface area contributed by atoms with E-state index in [1.165, 1.54) is 0 Å². The van der Waals surface area contributed by atoms with Crippen LogP contribution >= 0.6 is 11.6 Å². The van der Waals surface area contributed by atoms with Gasteiger partial charge in [0.15, 0.2) is 11.6 Å². The van der Waals surface area contributed by atoms with Crippen LogP contribution in [-0.4, -0.2) is 11.6 Å². The SMILES string of the molecule is CC1(C)CC(=O)C2=C(C1)Nc1ccc(C(=O)c3ccccc3)cc1N[C@H]2c1ccc(Cl)cc1. The molecule has 0 bridgehead atoms. The lowest BCUT2D eigenvalue weighted by Crippen LogP contribution is -2.31. The smallest absolute Gasteiger partial charge is 0.193 e. The van der Waals surface area contributed by atoms with E-state index in [-0.39, 0.29) is 23.0 Å². The first-order valence-corrected chi connectivity index (χ1v) is 11.5. The van der Waals surface area contributed by atoms with Crippen LogP contribution in [0.5, 0.6) is 0 Å². The molecule has 0 radical (unpaired) electrons. The number of halogens is 1. The van der Waals surface area contributed by atoms with Crippen molar-refractivity contribution in [3.63, 3.8) is 0 Å². The van der Waals surface area contributed by atoms with Crippen molar-refractivity contribution in [3.05, 3.63) is 106 Å². The molecule has 1 aliphatic heterocycles. The van der Waals surface area contributed by atoms with Gasteiger partial charge in [-0.05, 0) is 47.7 Å². The van der Waals surface area contributed by atoms with Crippen molar-refractivity contribution in [2.45, 2.75) is 32.7 Å². The minimum Gasteiger partial charge on any atom is -0.372 e. The average molecular weight is 457 g/mol. The van der Waals surface area contributed by atoms with E-state index >= 15 is 0 Å². The number of anilines is 2. The second-order valence-corrected chi connectivity index (χ2v) is 9.98. The van der Waals surface area contributed by atoms with Crippen molar-refractivity contribution in [3.8, 4) is 0 Å². The van der Waals surface area contributed by atoms with Crippen molar-refractivity contribution < 1.29 is 9.59 Å². The molecule has 4 nitrogen and oxygen atoms in total. The van der Waals surface area contributed by atoms with Gasteiger partial charge in [0.05, 0.1) is 17.4 Å². The number of carbonyl (C=O) groups is 2. The van der Waals surface area contributed by atoms with Gasteiger partial charge in [0, 0.05) is 33.8 Å². The van der Waals surface area contributed by atoms with Crippen LogP contribution in [0.15, 0.2) is 84.1 Å². The third-order valence-corrected chi connectivity index (χ3v) is 6.57. The third kappa shape index (κ3) is 4.19. The van der Waals surface area contributed by atoms with Gasteiger partial charge in [-0.25, -0.2) is 0 Å². The van der Waals surface area contributed by atoms with Crippen molar-refractivity contribution in [1.29, 1.82) is 0 Å². The topological polar surface area (TPSA) is 58.2 Å². The molecule has 3 aromatic carbocycles. The minimum absolute atomic E-state index is 0.0394. The van der Waals surface area contributed by atoms with Crippen molar-refractivity contribution in [2.75, 3.05) is 10.6 Å². The van der Waals surface area contributed by atoms with Gasteiger partial charge < -0.3 is 10.6 Å². The molecule has 0 fully saturated rings. The molecule has 1 heterocycles. The lowest BCUT2D eigenvalue weighted by molar-refractivity contribution is -0.118. The summed E-state index contributed by atoms with van der Waals surface area (Å²) in [5.41, 5.74) is 5.40. The Morgan fingerprint density at radius 1 is 0.909 bits per heavy atom. The van der Waals surface area contributed by atoms with Gasteiger partial charge in [-0.3, -0.25) is 9.59 Å². The van der Waals surface area contributed by atoms with Gasteiger partial charge in [-0.2, -0.15) is 0 Å². The van der Waals surface area contributed by atoms with E-state index in [1.54, 1.807) is 0 Å². The zero-order chi connectivity index (χ0) is 23.2. The summed E-state index contributed by atoms with van der Waals surface area (Å²) in [6.45, 7) is 4.24. The van der Waals surface area contributed by atoms with Crippen molar-refractivity contribution in [2.24, 2.45) is 5.41 Å². The maximum atomic E-state index is 13.3. The van der Waals surface area contributed by atoms with Gasteiger partial charge in [0.25, 0.3) is 0 Å². The Hall–Kier alpha value is -3.37. The molecule has 2 aliphatic rings. The summed E-state index contributed by atoms with van der Waals surface area (Å²) >= 11 is 6.13. The molecule has 5 heteroatoms. The summed E-state index contributed by atoms with van der Waals surface area (Å²) in [6, 6.07) is 22.1. The van der Waals surface area contributed by atoms with E-state index in [2.05, 4.69) is 24.5 Å². The molecule has 0 unspecified atom stereocenters. The fourth-order valence-electron chi connectivity index (χ4n) is 4.75. The van der Waals surface area contributed by atoms with Crippen LogP contribution in [0.1, 0.15) is 54.2 Å². The zero-order valence-corrected chi connectivity index (χ0v) is 19.4. The van der Waals surface area contributed by atoms with Gasteiger partial charge in [0.2, 0.25) is 0 Å². The number of carbonyl (C=O) groups excluding carboxylic acids is 2. The Kier molecular flexibility index (Phi) is 5.34. The third-order valence-electron chi connectivity index (χ3n) is 6.32. The fourth-order valence-corrected chi connectivity index (χ4v) is 4.87. The summed E-state index contributed by atoms with van der Waals surface area (Å²) in [7, 11) is 0. The lowest BCUT2D eigenvalue weighted by atomic mass is 9.73. The molecular formula is C28H25ClN2O2. The molecule has 3 aromatic rings. The normalized spacial score (nSPS) is 19.0. The van der Waals surface area contributed by atoms with E-state index < -0.39 is 0 Å². The molecule has 0 amide bonds. The van der Waals surface area contributed by atoms with Crippen molar-refractivity contribution in [1.82, 2.24) is 0 Å². The number of Topliss-reactive ketones (excluding diaryl/α,β-unsaturated/α-hetero) is 1. The van der Waals surface area contributed by atoms with E-state index in [0.717, 1.165) is 34.6 Å². The predicted octanol–water partition coefficient (Wildman–Crippen LogP) is 6.79. The molecule has 0 saturated heterocycles. The van der Waals surface area contributed by atoms with Crippen LogP contribution in [0.25, 0.3) is 0 Å². The van der Waals surface area contributed by atoms with Crippen LogP contribution in [0.3, 0.4) is 0 Å². The fraction of sp³-hybridized carbons (Fsp3) is 0.214. The summed E-state index contributed by atoms with van der Waals surface area (Å²) in [5, 5.41) is 7.73. The number of benzene rings is 3. The Labute approximate surface area is 198 Å². The Balaban J connectivity index is 1.60. The van der Waals surface area contributed by atoms with Crippen LogP contribution in [0.2, 0.25) is 5.02 Å². The standard InChI is InChI=1S/C28H25ClN2O2/c1-28(2)15-23-25(24(32)16-28)26(17-8-11-20(29)12-9-17)31-22-14-19(10-13-21(22)30-23)27(33)18-6-4-3-5-7-18/h3-14,26,30-31H,15-16H2,1-2H3/t26-/m0/s1. The number of rotatable bonds is 3. The molecule has 5 rings (SSSR count). The van der Waals surface area contributed by atoms with Gasteiger partial charge in [-0.15, -0.1) is 0 Å². The number of hydrogen-bond acceptors (Lipinski definition) is 4. The minimum atomic E-state index is -0.336. The Morgan fingerprint density at radius 2 is 1.64 bits per heavy atom. The summed E-state index contributed by atoms with van der Waals surface area (Å²) in [4.78, 5) is 26.4. The number of fused-ring (bicyclic) bond motifs is 1. The Bertz CT molecular complexity index is 1280. The summed E-state index contributed by atoms with van der Waals surface area (Å²) in [5.74, 6) is 0.0945. The van der Waals surface area contributed by atoms with E-state index in [0.29, 0.717) is 22.6 Å². The first kappa shape index (κ1) is 21.5. The molecule has 33 heavy (non-hydrogen) atoms. The van der Waals surface area contributed by atoms with E-state index in [4.69, 9.17) is 11.6 Å². The van der Waals surface area contributed by atoms with E-state index in [9.17, 15) is 9.59 Å². The zero-order valence-electron chi connectivity index (χ0n) is 18.6. The van der Waals surface area contributed by atoms with Gasteiger partial charge in [-0.1, -0.05) is 67.9 Å². The second kappa shape index (κ2) is 8.20. The molecule has 1 aliphatic carbocycles. The van der Waals surface area contributed by atoms with Crippen molar-refractivity contribution >= 4 is 34.5 Å². The van der Waals surface area contributed by atoms with Crippen LogP contribution in [0.4, 0.5) is 11.4 Å². The highest BCUT2D eigenvalue weighted by molar-refractivity contribution is 6.30. The molecule has 0 saturated carbocycles. The predicted molar refractivity (Wildman–Crippen MR) is 133 cm³/mol. The monoisotopic (exact) mass is 456 g/mol. The number of allylic oxidation sites excluding steroid dienone is 1. The maximum absolute atomic E-state index is 13.3. The molecule has 2 N–H and O–H groups in total. The maximum Gasteiger partial charge on any atom is 0.193 e. The largest absolute Gasteiger partial charge is 0.372 e. The van der Waals surface area contributed by atoms with Crippen LogP contribution < -0.4 is 10.6 Å². The van der Waals surface area contributed by atoms with Gasteiger partial charge in [0.1, 0.15) is 0 Å². The summed E-state index contributed by atoms with van der Waals surface area (Å²) < 4.78 is 0. The average Bonchev–Trinajstić information content (AvgIpc) is 2.95. The summed E-state index contributed by atoms with van der Waals surface area (Å²) in [6.07, 6.45) is 1.26. The molecule has 166 valence electrons. The molecule has 0 spiro atoms. The number of nitrogens with one attached hydrogen (secondary N) is 2. The lowest BCUT2D eigenvalue weighted by Gasteiger charge is -2.34. The first-order chi connectivity index (χ1) is 15.8. The highest BCUT2D eigenvalue weighted by Gasteiger charge is 2.38. The van der Waals surface area contributed by atoms with Crippen LogP contribution in [-0.2, 0) is 4.79 Å². The first-order valence-electron chi connectivity index (χ1n) is 11.1. The molecule has 1 atom stereocenters. The van der Waals surface area contributed by atoms with Crippen LogP contribution in [0, 0.1) is 5.41 Å². The Morgan fingerprint density at radius 3 is 2.36 bits per heavy atom. The molecular weight excluding hydrogens is 432 g/mol. The quantitative estimate of drug-likeness (QED) is 0.426. The molecule has 0 aromatic heterocycles.